The van der Waals surface area contributed by atoms with Crippen LogP contribution < -0.4 is 20.7 Å². The second-order valence-corrected chi connectivity index (χ2v) is 5.89. The van der Waals surface area contributed by atoms with Gasteiger partial charge in [-0.1, -0.05) is 6.92 Å². The number of nitrogens with one attached hydrogen (secondary N) is 3. The number of aliphatic imine (C=N–C) groups is 1. The summed E-state index contributed by atoms with van der Waals surface area (Å²) in [4.78, 5) is 15.8. The lowest BCUT2D eigenvalue weighted by atomic mass is 10.2. The number of ether oxygens (including phenoxy) is 1. The molecule has 0 aliphatic carbocycles. The summed E-state index contributed by atoms with van der Waals surface area (Å²) in [7, 11) is 1.67. The lowest BCUT2D eigenvalue weighted by Gasteiger charge is -2.18. The van der Waals surface area contributed by atoms with E-state index in [9.17, 15) is 9.18 Å². The average molecular weight is 480 g/mol. The number of halogens is 2. The zero-order valence-corrected chi connectivity index (χ0v) is 18.2. The van der Waals surface area contributed by atoms with Crippen molar-refractivity contribution in [1.29, 1.82) is 0 Å². The third kappa shape index (κ3) is 10.4. The van der Waals surface area contributed by atoms with Crippen LogP contribution in [-0.2, 0) is 4.79 Å². The van der Waals surface area contributed by atoms with Crippen molar-refractivity contribution in [2.24, 2.45) is 4.99 Å². The fraction of sp³-hybridized carbons (Fsp3) is 0.556. The molecule has 2 atom stereocenters. The molecule has 0 bridgehead atoms. The molecule has 0 fully saturated rings. The van der Waals surface area contributed by atoms with Crippen LogP contribution in [-0.4, -0.2) is 44.1 Å². The van der Waals surface area contributed by atoms with Crippen LogP contribution in [0.3, 0.4) is 0 Å². The summed E-state index contributed by atoms with van der Waals surface area (Å²) in [5, 5.41) is 9.14. The molecule has 0 spiro atoms. The molecule has 2 unspecified atom stereocenters. The van der Waals surface area contributed by atoms with Gasteiger partial charge in [0.1, 0.15) is 17.7 Å². The first-order valence-electron chi connectivity index (χ1n) is 8.60. The summed E-state index contributed by atoms with van der Waals surface area (Å²) in [6.45, 7) is 6.94. The first-order chi connectivity index (χ1) is 11.9. The van der Waals surface area contributed by atoms with Crippen molar-refractivity contribution in [1.82, 2.24) is 16.0 Å². The first-order valence-corrected chi connectivity index (χ1v) is 8.60. The van der Waals surface area contributed by atoms with Crippen molar-refractivity contribution >= 4 is 35.8 Å². The van der Waals surface area contributed by atoms with Crippen LogP contribution in [0.5, 0.6) is 5.75 Å². The van der Waals surface area contributed by atoms with Crippen LogP contribution in [0.4, 0.5) is 4.39 Å². The van der Waals surface area contributed by atoms with Crippen LogP contribution in [0.1, 0.15) is 33.6 Å². The molecule has 3 N–H and O–H groups in total. The van der Waals surface area contributed by atoms with E-state index < -0.39 is 0 Å². The van der Waals surface area contributed by atoms with Gasteiger partial charge in [-0.2, -0.15) is 0 Å². The maximum Gasteiger partial charge on any atom is 0.221 e. The molecule has 26 heavy (non-hydrogen) atoms. The minimum absolute atomic E-state index is 0. The predicted molar refractivity (Wildman–Crippen MR) is 114 cm³/mol. The summed E-state index contributed by atoms with van der Waals surface area (Å²) in [5.41, 5.74) is 0. The van der Waals surface area contributed by atoms with E-state index in [1.54, 1.807) is 19.2 Å². The molecule has 0 aliphatic heterocycles. The summed E-state index contributed by atoms with van der Waals surface area (Å²) in [6.07, 6.45) is 1.17. The minimum Gasteiger partial charge on any atom is -0.489 e. The Bertz CT molecular complexity index is 555. The van der Waals surface area contributed by atoms with Gasteiger partial charge in [0.2, 0.25) is 5.91 Å². The molecule has 1 aromatic carbocycles. The fourth-order valence-electron chi connectivity index (χ4n) is 1.99. The summed E-state index contributed by atoms with van der Waals surface area (Å²) in [5.74, 6) is 0.941. The van der Waals surface area contributed by atoms with E-state index >= 15 is 0 Å². The van der Waals surface area contributed by atoms with Crippen LogP contribution in [0.25, 0.3) is 0 Å². The molecular formula is C18H30FIN4O2. The maximum absolute atomic E-state index is 12.9. The largest absolute Gasteiger partial charge is 0.489 e. The molecule has 148 valence electrons. The van der Waals surface area contributed by atoms with Gasteiger partial charge < -0.3 is 20.7 Å². The molecule has 0 aliphatic rings. The number of amides is 1. The zero-order chi connectivity index (χ0) is 18.7. The van der Waals surface area contributed by atoms with E-state index in [2.05, 4.69) is 20.9 Å². The lowest BCUT2D eigenvalue weighted by Crippen LogP contribution is -2.43. The van der Waals surface area contributed by atoms with Gasteiger partial charge in [0.05, 0.1) is 6.54 Å². The number of rotatable bonds is 9. The molecule has 0 radical (unpaired) electrons. The highest BCUT2D eigenvalue weighted by atomic mass is 127. The van der Waals surface area contributed by atoms with Crippen molar-refractivity contribution in [2.45, 2.75) is 45.8 Å². The topological polar surface area (TPSA) is 74.8 Å². The zero-order valence-electron chi connectivity index (χ0n) is 15.8. The highest BCUT2D eigenvalue weighted by molar-refractivity contribution is 14.0. The highest BCUT2D eigenvalue weighted by Crippen LogP contribution is 2.12. The first kappa shape index (κ1) is 24.4. The van der Waals surface area contributed by atoms with Gasteiger partial charge in [-0.15, -0.1) is 24.0 Å². The van der Waals surface area contributed by atoms with Gasteiger partial charge in [-0.3, -0.25) is 9.79 Å². The Kier molecular flexibility index (Phi) is 12.8. The van der Waals surface area contributed by atoms with Crippen molar-refractivity contribution in [3.63, 3.8) is 0 Å². The molecule has 8 heteroatoms. The van der Waals surface area contributed by atoms with Gasteiger partial charge in [-0.05, 0) is 44.5 Å². The highest BCUT2D eigenvalue weighted by Gasteiger charge is 2.08. The molecule has 6 nitrogen and oxygen atoms in total. The summed E-state index contributed by atoms with van der Waals surface area (Å²) >= 11 is 0. The molecule has 1 aromatic rings. The maximum atomic E-state index is 12.9. The standard InChI is InChI=1S/C18H29FN4O2.HI/c1-5-13(2)23-17(24)10-11-21-18(20-4)22-12-14(3)25-16-8-6-15(19)7-9-16;/h6-9,13-14H,5,10-12H2,1-4H3,(H,23,24)(H2,20,21,22);1H. The van der Waals surface area contributed by atoms with Crippen molar-refractivity contribution in [3.05, 3.63) is 30.1 Å². The van der Waals surface area contributed by atoms with Crippen molar-refractivity contribution < 1.29 is 13.9 Å². The van der Waals surface area contributed by atoms with Crippen molar-refractivity contribution in [2.75, 3.05) is 20.1 Å². The molecule has 0 heterocycles. The van der Waals surface area contributed by atoms with E-state index in [1.165, 1.54) is 12.1 Å². The van der Waals surface area contributed by atoms with Crippen LogP contribution in [0.15, 0.2) is 29.3 Å². The number of hydrogen-bond donors (Lipinski definition) is 3. The number of hydrogen-bond acceptors (Lipinski definition) is 3. The Balaban J connectivity index is 0.00000625. The van der Waals surface area contributed by atoms with Gasteiger partial charge >= 0.3 is 0 Å². The molecule has 0 saturated heterocycles. The molecule has 0 saturated carbocycles. The molecular weight excluding hydrogens is 450 g/mol. The number of nitrogens with zero attached hydrogens (tertiary/aromatic N) is 1. The second kappa shape index (κ2) is 13.6. The van der Waals surface area contributed by atoms with Crippen LogP contribution >= 0.6 is 24.0 Å². The normalized spacial score (nSPS) is 13.2. The van der Waals surface area contributed by atoms with Gasteiger partial charge in [0.25, 0.3) is 0 Å². The van der Waals surface area contributed by atoms with Gasteiger partial charge in [-0.25, -0.2) is 4.39 Å². The SMILES string of the molecule is CCC(C)NC(=O)CCNC(=NC)NCC(C)Oc1ccc(F)cc1.I. The fourth-order valence-corrected chi connectivity index (χ4v) is 1.99. The second-order valence-electron chi connectivity index (χ2n) is 5.89. The monoisotopic (exact) mass is 480 g/mol. The Labute approximate surface area is 172 Å². The predicted octanol–water partition coefficient (Wildman–Crippen LogP) is 2.68. The third-order valence-electron chi connectivity index (χ3n) is 3.60. The molecule has 0 aromatic heterocycles. The lowest BCUT2D eigenvalue weighted by molar-refractivity contribution is -0.121. The number of guanidine groups is 1. The Morgan fingerprint density at radius 1 is 1.23 bits per heavy atom. The third-order valence-corrected chi connectivity index (χ3v) is 3.60. The number of carbonyl (C=O) groups excluding carboxylic acids is 1. The van der Waals surface area contributed by atoms with E-state index in [0.29, 0.717) is 31.2 Å². The molecule has 1 amide bonds. The Morgan fingerprint density at radius 2 is 1.88 bits per heavy atom. The number of benzene rings is 1. The Hall–Kier alpha value is -1.58. The van der Waals surface area contributed by atoms with E-state index in [1.807, 2.05) is 20.8 Å². The van der Waals surface area contributed by atoms with Gasteiger partial charge in [0, 0.05) is 26.1 Å². The smallest absolute Gasteiger partial charge is 0.221 e. The minimum atomic E-state index is -0.292. The van der Waals surface area contributed by atoms with E-state index in [0.717, 1.165) is 6.42 Å². The van der Waals surface area contributed by atoms with E-state index in [4.69, 9.17) is 4.74 Å². The van der Waals surface area contributed by atoms with Crippen LogP contribution in [0.2, 0.25) is 0 Å². The average Bonchev–Trinajstić information content (AvgIpc) is 2.59. The van der Waals surface area contributed by atoms with Gasteiger partial charge in [0.15, 0.2) is 5.96 Å². The number of carbonyl (C=O) groups is 1. The molecule has 1 rings (SSSR count). The van der Waals surface area contributed by atoms with Crippen LogP contribution in [0, 0.1) is 5.82 Å². The summed E-state index contributed by atoms with van der Waals surface area (Å²) in [6, 6.07) is 6.10. The van der Waals surface area contributed by atoms with E-state index in [-0.39, 0.29) is 47.8 Å². The quantitative estimate of drug-likeness (QED) is 0.289. The van der Waals surface area contributed by atoms with Crippen molar-refractivity contribution in [3.8, 4) is 5.75 Å². The Morgan fingerprint density at radius 3 is 2.46 bits per heavy atom. The summed E-state index contributed by atoms with van der Waals surface area (Å²) < 4.78 is 18.6.